The Morgan fingerprint density at radius 2 is 1.85 bits per heavy atom. The molecule has 0 bridgehead atoms. The lowest BCUT2D eigenvalue weighted by Gasteiger charge is -2.04. The maximum absolute atomic E-state index is 7.34. The molecule has 0 aliphatic heterocycles. The molecule has 1 N–H and O–H groups in total. The van der Waals surface area contributed by atoms with Crippen LogP contribution in [0, 0.1) is 12.3 Å². The summed E-state index contributed by atoms with van der Waals surface area (Å²) < 4.78 is 0. The zero-order valence-electron chi connectivity index (χ0n) is 7.54. The fourth-order valence-electron chi connectivity index (χ4n) is 1.60. The molecular formula is C12H11N. The second kappa shape index (κ2) is 3.02. The lowest BCUT2D eigenvalue weighted by Crippen LogP contribution is -1.87. The third kappa shape index (κ3) is 1.22. The van der Waals surface area contributed by atoms with Crippen LogP contribution in [0.1, 0.15) is 11.1 Å². The second-order valence-electron chi connectivity index (χ2n) is 3.16. The van der Waals surface area contributed by atoms with Gasteiger partial charge in [0.1, 0.15) is 0 Å². The van der Waals surface area contributed by atoms with E-state index in [9.17, 15) is 0 Å². The van der Waals surface area contributed by atoms with Gasteiger partial charge in [-0.25, -0.2) is 0 Å². The Bertz CT molecular complexity index is 458. The van der Waals surface area contributed by atoms with Crippen LogP contribution < -0.4 is 0 Å². The molecule has 0 saturated carbocycles. The van der Waals surface area contributed by atoms with Crippen LogP contribution in [-0.4, -0.2) is 6.21 Å². The highest BCUT2D eigenvalue weighted by Crippen LogP contribution is 2.19. The predicted octanol–water partition coefficient (Wildman–Crippen LogP) is 3.15. The first-order chi connectivity index (χ1) is 6.33. The molecule has 0 atom stereocenters. The van der Waals surface area contributed by atoms with Gasteiger partial charge in [0.25, 0.3) is 0 Å². The molecule has 0 aliphatic carbocycles. The van der Waals surface area contributed by atoms with Crippen molar-refractivity contribution in [3.63, 3.8) is 0 Å². The molecule has 0 heterocycles. The van der Waals surface area contributed by atoms with Crippen molar-refractivity contribution in [2.45, 2.75) is 6.92 Å². The molecule has 1 heteroatoms. The summed E-state index contributed by atoms with van der Waals surface area (Å²) in [5.41, 5.74) is 2.19. The Hall–Kier alpha value is -1.63. The van der Waals surface area contributed by atoms with E-state index in [0.717, 1.165) is 16.5 Å². The van der Waals surface area contributed by atoms with E-state index in [1.54, 1.807) is 0 Å². The van der Waals surface area contributed by atoms with Gasteiger partial charge in [-0.1, -0.05) is 36.4 Å². The van der Waals surface area contributed by atoms with Crippen LogP contribution in [0.4, 0.5) is 0 Å². The van der Waals surface area contributed by atoms with Crippen molar-refractivity contribution in [3.05, 3.63) is 47.5 Å². The van der Waals surface area contributed by atoms with Gasteiger partial charge in [0.15, 0.2) is 0 Å². The highest BCUT2D eigenvalue weighted by atomic mass is 14.3. The van der Waals surface area contributed by atoms with Crippen molar-refractivity contribution >= 4 is 17.0 Å². The Morgan fingerprint density at radius 1 is 1.08 bits per heavy atom. The van der Waals surface area contributed by atoms with Gasteiger partial charge >= 0.3 is 0 Å². The molecular weight excluding hydrogens is 158 g/mol. The van der Waals surface area contributed by atoms with E-state index < -0.39 is 0 Å². The number of aryl methyl sites for hydroxylation is 1. The second-order valence-corrected chi connectivity index (χ2v) is 3.16. The Balaban J connectivity index is 2.91. The summed E-state index contributed by atoms with van der Waals surface area (Å²) in [4.78, 5) is 0. The van der Waals surface area contributed by atoms with Gasteiger partial charge in [-0.2, -0.15) is 0 Å². The maximum Gasteiger partial charge on any atom is 0.0259 e. The molecule has 64 valence electrons. The lowest BCUT2D eigenvalue weighted by atomic mass is 10.0. The first-order valence-corrected chi connectivity index (χ1v) is 4.32. The summed E-state index contributed by atoms with van der Waals surface area (Å²) in [6, 6.07) is 12.3. The van der Waals surface area contributed by atoms with Crippen molar-refractivity contribution in [1.29, 1.82) is 5.41 Å². The summed E-state index contributed by atoms with van der Waals surface area (Å²) in [5.74, 6) is 0. The van der Waals surface area contributed by atoms with Gasteiger partial charge in [0, 0.05) is 11.8 Å². The standard InChI is InChI=1S/C12H11N/c1-9-6-7-10-4-2-3-5-11(10)12(9)8-13/h2-8,13H,1H3. The number of fused-ring (bicyclic) bond motifs is 1. The van der Waals surface area contributed by atoms with Gasteiger partial charge in [0.2, 0.25) is 0 Å². The Kier molecular flexibility index (Phi) is 1.85. The number of nitrogens with one attached hydrogen (secondary N) is 1. The molecule has 2 aromatic carbocycles. The Labute approximate surface area is 77.5 Å². The van der Waals surface area contributed by atoms with E-state index in [0.29, 0.717) is 0 Å². The summed E-state index contributed by atoms with van der Waals surface area (Å²) in [5, 5.41) is 9.71. The first kappa shape index (κ1) is 7.99. The summed E-state index contributed by atoms with van der Waals surface area (Å²) >= 11 is 0. The SMILES string of the molecule is Cc1ccc2ccccc2c1C=N. The number of hydrogen-bond donors (Lipinski definition) is 1. The van der Waals surface area contributed by atoms with Crippen molar-refractivity contribution in [2.24, 2.45) is 0 Å². The van der Waals surface area contributed by atoms with Crippen LogP contribution in [-0.2, 0) is 0 Å². The number of hydrogen-bond acceptors (Lipinski definition) is 1. The van der Waals surface area contributed by atoms with Gasteiger partial charge in [0.05, 0.1) is 0 Å². The monoisotopic (exact) mass is 169 g/mol. The fraction of sp³-hybridized carbons (Fsp3) is 0.0833. The summed E-state index contributed by atoms with van der Waals surface area (Å²) in [6.45, 7) is 2.03. The largest absolute Gasteiger partial charge is 0.308 e. The zero-order chi connectivity index (χ0) is 9.26. The number of benzene rings is 2. The average Bonchev–Trinajstić information content (AvgIpc) is 2.18. The molecule has 0 saturated heterocycles. The van der Waals surface area contributed by atoms with E-state index in [4.69, 9.17) is 5.41 Å². The summed E-state index contributed by atoms with van der Waals surface area (Å²) in [7, 11) is 0. The van der Waals surface area contributed by atoms with Gasteiger partial charge in [-0.15, -0.1) is 0 Å². The van der Waals surface area contributed by atoms with Crippen molar-refractivity contribution in [1.82, 2.24) is 0 Å². The molecule has 0 unspecified atom stereocenters. The minimum absolute atomic E-state index is 1.03. The molecule has 0 fully saturated rings. The highest BCUT2D eigenvalue weighted by Gasteiger charge is 2.00. The van der Waals surface area contributed by atoms with E-state index >= 15 is 0 Å². The van der Waals surface area contributed by atoms with Crippen LogP contribution in [0.25, 0.3) is 10.8 Å². The summed E-state index contributed by atoms with van der Waals surface area (Å²) in [6.07, 6.45) is 1.43. The molecule has 13 heavy (non-hydrogen) atoms. The number of rotatable bonds is 1. The van der Waals surface area contributed by atoms with Crippen LogP contribution >= 0.6 is 0 Å². The lowest BCUT2D eigenvalue weighted by molar-refractivity contribution is 1.46. The molecule has 0 spiro atoms. The fourth-order valence-corrected chi connectivity index (χ4v) is 1.60. The molecule has 2 aromatic rings. The molecule has 0 amide bonds. The van der Waals surface area contributed by atoms with Crippen molar-refractivity contribution < 1.29 is 0 Å². The van der Waals surface area contributed by atoms with Crippen molar-refractivity contribution in [2.75, 3.05) is 0 Å². The van der Waals surface area contributed by atoms with Crippen LogP contribution in [0.15, 0.2) is 36.4 Å². The predicted molar refractivity (Wildman–Crippen MR) is 56.6 cm³/mol. The van der Waals surface area contributed by atoms with E-state index in [1.807, 2.05) is 19.1 Å². The normalized spacial score (nSPS) is 10.2. The topological polar surface area (TPSA) is 23.9 Å². The van der Waals surface area contributed by atoms with E-state index in [2.05, 4.69) is 24.3 Å². The first-order valence-electron chi connectivity index (χ1n) is 4.32. The molecule has 0 aliphatic rings. The maximum atomic E-state index is 7.34. The van der Waals surface area contributed by atoms with E-state index in [-0.39, 0.29) is 0 Å². The van der Waals surface area contributed by atoms with Crippen LogP contribution in [0.5, 0.6) is 0 Å². The van der Waals surface area contributed by atoms with Crippen LogP contribution in [0.2, 0.25) is 0 Å². The third-order valence-corrected chi connectivity index (χ3v) is 2.33. The van der Waals surface area contributed by atoms with Gasteiger partial charge in [-0.05, 0) is 23.3 Å². The zero-order valence-corrected chi connectivity index (χ0v) is 7.54. The molecule has 0 aromatic heterocycles. The smallest absolute Gasteiger partial charge is 0.0259 e. The van der Waals surface area contributed by atoms with Gasteiger partial charge in [-0.3, -0.25) is 0 Å². The third-order valence-electron chi connectivity index (χ3n) is 2.33. The highest BCUT2D eigenvalue weighted by molar-refractivity contribution is 6.00. The molecule has 1 nitrogen and oxygen atoms in total. The molecule has 2 rings (SSSR count). The van der Waals surface area contributed by atoms with E-state index in [1.165, 1.54) is 11.6 Å². The molecule has 0 radical (unpaired) electrons. The minimum atomic E-state index is 1.03. The minimum Gasteiger partial charge on any atom is -0.308 e. The average molecular weight is 169 g/mol. The van der Waals surface area contributed by atoms with Crippen LogP contribution in [0.3, 0.4) is 0 Å². The quantitative estimate of drug-likeness (QED) is 0.634. The Morgan fingerprint density at radius 3 is 2.62 bits per heavy atom. The van der Waals surface area contributed by atoms with Crippen molar-refractivity contribution in [3.8, 4) is 0 Å². The van der Waals surface area contributed by atoms with Gasteiger partial charge < -0.3 is 5.41 Å².